The van der Waals surface area contributed by atoms with Gasteiger partial charge in [0, 0.05) is 36.9 Å². The summed E-state index contributed by atoms with van der Waals surface area (Å²) in [6, 6.07) is 0. The van der Waals surface area contributed by atoms with Gasteiger partial charge in [-0.2, -0.15) is 0 Å². The summed E-state index contributed by atoms with van der Waals surface area (Å²) in [5.41, 5.74) is 0. The molecule has 0 aromatic carbocycles. The minimum absolute atomic E-state index is 0.132. The number of rotatable bonds is 7. The maximum atomic E-state index is 12.2. The predicted octanol–water partition coefficient (Wildman–Crippen LogP) is 3.50. The molecule has 0 N–H and O–H groups in total. The van der Waals surface area contributed by atoms with Crippen molar-refractivity contribution in [3.8, 4) is 0 Å². The summed E-state index contributed by atoms with van der Waals surface area (Å²) in [6.07, 6.45) is 7.81. The van der Waals surface area contributed by atoms with Crippen molar-refractivity contribution in [3.05, 3.63) is 0 Å². The first-order valence-corrected chi connectivity index (χ1v) is 10.7. The Morgan fingerprint density at radius 1 is 1.18 bits per heavy atom. The zero-order valence-corrected chi connectivity index (χ0v) is 15.1. The van der Waals surface area contributed by atoms with Crippen LogP contribution >= 0.6 is 21.6 Å². The average Bonchev–Trinajstić information content (AvgIpc) is 3.05. The van der Waals surface area contributed by atoms with Crippen molar-refractivity contribution in [2.45, 2.75) is 56.6 Å². The highest BCUT2D eigenvalue weighted by molar-refractivity contribution is 8.77. The molecule has 0 unspecified atom stereocenters. The highest BCUT2D eigenvalue weighted by Gasteiger charge is 2.24. The number of carbonyl (C=O) groups excluding carboxylic acids is 2. The Bertz CT molecular complexity index is 364. The first-order chi connectivity index (χ1) is 10.7. The number of hydrogen-bond donors (Lipinski definition) is 0. The molecule has 2 aliphatic rings. The van der Waals surface area contributed by atoms with Crippen molar-refractivity contribution in [2.24, 2.45) is 5.92 Å². The number of amides is 1. The molecule has 2 saturated heterocycles. The molecule has 2 heterocycles. The Kier molecular flexibility index (Phi) is 7.94. The van der Waals surface area contributed by atoms with E-state index in [9.17, 15) is 9.59 Å². The van der Waals surface area contributed by atoms with Gasteiger partial charge in [0.25, 0.3) is 0 Å². The largest absolute Gasteiger partial charge is 0.469 e. The van der Waals surface area contributed by atoms with Crippen molar-refractivity contribution in [2.75, 3.05) is 26.0 Å². The van der Waals surface area contributed by atoms with Crippen LogP contribution in [0.5, 0.6) is 0 Å². The van der Waals surface area contributed by atoms with E-state index in [0.29, 0.717) is 24.7 Å². The molecular weight excluding hydrogens is 318 g/mol. The van der Waals surface area contributed by atoms with E-state index < -0.39 is 0 Å². The molecule has 4 nitrogen and oxygen atoms in total. The number of nitrogens with zero attached hydrogens (tertiary/aromatic N) is 1. The lowest BCUT2D eigenvalue weighted by molar-refractivity contribution is -0.142. The summed E-state index contributed by atoms with van der Waals surface area (Å²) >= 11 is 0. The van der Waals surface area contributed by atoms with Crippen LogP contribution in [0.25, 0.3) is 0 Å². The lowest BCUT2D eigenvalue weighted by atomic mass is 9.93. The molecule has 0 bridgehead atoms. The molecule has 1 atom stereocenters. The van der Waals surface area contributed by atoms with Gasteiger partial charge in [-0.05, 0) is 38.0 Å². The number of hydrogen-bond acceptors (Lipinski definition) is 5. The maximum Gasteiger partial charge on any atom is 0.305 e. The van der Waals surface area contributed by atoms with Crippen LogP contribution in [0, 0.1) is 5.92 Å². The van der Waals surface area contributed by atoms with Gasteiger partial charge in [-0.15, -0.1) is 0 Å². The minimum atomic E-state index is -0.132. The third-order valence-electron chi connectivity index (χ3n) is 4.54. The van der Waals surface area contributed by atoms with Crippen LogP contribution in [0.4, 0.5) is 0 Å². The lowest BCUT2D eigenvalue weighted by Crippen LogP contribution is -2.38. The van der Waals surface area contributed by atoms with Gasteiger partial charge in [0.1, 0.15) is 0 Å². The summed E-state index contributed by atoms with van der Waals surface area (Å²) in [7, 11) is 5.44. The van der Waals surface area contributed by atoms with Gasteiger partial charge >= 0.3 is 5.97 Å². The van der Waals surface area contributed by atoms with Crippen LogP contribution in [-0.2, 0) is 14.3 Å². The van der Waals surface area contributed by atoms with Crippen LogP contribution in [0.1, 0.15) is 51.4 Å². The van der Waals surface area contributed by atoms with E-state index in [2.05, 4.69) is 0 Å². The Hall–Kier alpha value is -0.360. The molecule has 2 rings (SSSR count). The second kappa shape index (κ2) is 9.71. The van der Waals surface area contributed by atoms with Gasteiger partial charge in [0.2, 0.25) is 5.91 Å². The first kappa shape index (κ1) is 18.0. The van der Waals surface area contributed by atoms with E-state index in [1.807, 2.05) is 26.5 Å². The number of methoxy groups -OCH3 is 1. The molecule has 0 spiro atoms. The molecule has 2 fully saturated rings. The molecular formula is C16H27NO3S2. The Labute approximate surface area is 141 Å². The maximum absolute atomic E-state index is 12.2. The zero-order chi connectivity index (χ0) is 15.8. The van der Waals surface area contributed by atoms with E-state index in [1.54, 1.807) is 0 Å². The Balaban J connectivity index is 1.55. The fraction of sp³-hybridized carbons (Fsp3) is 0.875. The van der Waals surface area contributed by atoms with E-state index in [4.69, 9.17) is 4.74 Å². The van der Waals surface area contributed by atoms with E-state index in [0.717, 1.165) is 37.6 Å². The van der Waals surface area contributed by atoms with Crippen LogP contribution in [0.15, 0.2) is 0 Å². The number of carbonyl (C=O) groups is 2. The van der Waals surface area contributed by atoms with Gasteiger partial charge in [0.05, 0.1) is 7.11 Å². The summed E-state index contributed by atoms with van der Waals surface area (Å²) in [6.45, 7) is 1.60. The minimum Gasteiger partial charge on any atom is -0.469 e. The quantitative estimate of drug-likeness (QED) is 0.401. The van der Waals surface area contributed by atoms with Gasteiger partial charge in [-0.25, -0.2) is 0 Å². The third-order valence-corrected chi connectivity index (χ3v) is 7.55. The van der Waals surface area contributed by atoms with E-state index in [-0.39, 0.29) is 5.97 Å². The highest BCUT2D eigenvalue weighted by Crippen LogP contribution is 2.39. The fourth-order valence-corrected chi connectivity index (χ4v) is 6.10. The molecule has 0 aliphatic carbocycles. The molecule has 2 aliphatic heterocycles. The summed E-state index contributed by atoms with van der Waals surface area (Å²) in [4.78, 5) is 25.5. The smallest absolute Gasteiger partial charge is 0.305 e. The van der Waals surface area contributed by atoms with E-state index >= 15 is 0 Å². The lowest BCUT2D eigenvalue weighted by Gasteiger charge is -2.31. The molecule has 0 saturated carbocycles. The molecule has 1 amide bonds. The van der Waals surface area contributed by atoms with Crippen molar-refractivity contribution >= 4 is 33.5 Å². The molecule has 0 aromatic heterocycles. The monoisotopic (exact) mass is 345 g/mol. The normalized spacial score (nSPS) is 22.8. The van der Waals surface area contributed by atoms with Crippen LogP contribution in [0.2, 0.25) is 0 Å². The number of piperidine rings is 1. The molecule has 22 heavy (non-hydrogen) atoms. The standard InChI is InChI=1S/C16H27NO3S2/c1-20-16(19)12-13-6-9-17(10-7-13)15(18)5-3-2-4-14-8-11-21-22-14/h13-14H,2-12H2,1H3/t14-/m1/s1. The number of esters is 1. The zero-order valence-electron chi connectivity index (χ0n) is 13.4. The van der Waals surface area contributed by atoms with Crippen molar-refractivity contribution < 1.29 is 14.3 Å². The predicted molar refractivity (Wildman–Crippen MR) is 92.9 cm³/mol. The number of likely N-dealkylation sites (tertiary alicyclic amines) is 1. The SMILES string of the molecule is COC(=O)CC1CCN(C(=O)CCCC[C@@H]2CCSS2)CC1. The second-order valence-corrected chi connectivity index (χ2v) is 8.97. The highest BCUT2D eigenvalue weighted by atomic mass is 33.1. The number of unbranched alkanes of at least 4 members (excludes halogenated alkanes) is 1. The summed E-state index contributed by atoms with van der Waals surface area (Å²) in [5.74, 6) is 1.83. The van der Waals surface area contributed by atoms with Crippen molar-refractivity contribution in [1.29, 1.82) is 0 Å². The second-order valence-electron chi connectivity index (χ2n) is 6.18. The Morgan fingerprint density at radius 3 is 2.59 bits per heavy atom. The third kappa shape index (κ3) is 6.03. The summed E-state index contributed by atoms with van der Waals surface area (Å²) in [5, 5.41) is 0.814. The molecule has 0 aromatic rings. The van der Waals surface area contributed by atoms with Crippen molar-refractivity contribution in [3.63, 3.8) is 0 Å². The molecule has 6 heteroatoms. The number of ether oxygens (including phenoxy) is 1. The summed E-state index contributed by atoms with van der Waals surface area (Å²) < 4.78 is 4.71. The van der Waals surface area contributed by atoms with Gasteiger partial charge < -0.3 is 9.64 Å². The van der Waals surface area contributed by atoms with Crippen molar-refractivity contribution in [1.82, 2.24) is 4.90 Å². The average molecular weight is 346 g/mol. The van der Waals surface area contributed by atoms with E-state index in [1.165, 1.54) is 32.1 Å². The Morgan fingerprint density at radius 2 is 1.95 bits per heavy atom. The van der Waals surface area contributed by atoms with Gasteiger partial charge in [0.15, 0.2) is 0 Å². The molecule has 126 valence electrons. The first-order valence-electron chi connectivity index (χ1n) is 8.32. The van der Waals surface area contributed by atoms with Gasteiger partial charge in [-0.3, -0.25) is 9.59 Å². The topological polar surface area (TPSA) is 46.6 Å². The fourth-order valence-electron chi connectivity index (χ4n) is 3.08. The van der Waals surface area contributed by atoms with Crippen LogP contribution < -0.4 is 0 Å². The van der Waals surface area contributed by atoms with Gasteiger partial charge in [-0.1, -0.05) is 28.0 Å². The molecule has 0 radical (unpaired) electrons. The van der Waals surface area contributed by atoms with Crippen LogP contribution in [0.3, 0.4) is 0 Å². The van der Waals surface area contributed by atoms with Crippen LogP contribution in [-0.4, -0.2) is 48.0 Å².